The molecule has 0 atom stereocenters. The molecular formula is C28H47ClN2O13. The number of piperidine rings is 2. The van der Waals surface area contributed by atoms with Crippen LogP contribution >= 0.6 is 11.6 Å². The van der Waals surface area contributed by atoms with E-state index in [0.717, 1.165) is 7.11 Å². The molecule has 0 bridgehead atoms. The number of hydrogen-bond acceptors (Lipinski definition) is 12. The molecule has 0 aromatic rings. The van der Waals surface area contributed by atoms with Crippen molar-refractivity contribution in [2.45, 2.75) is 78.4 Å². The van der Waals surface area contributed by atoms with Crippen LogP contribution in [0.5, 0.6) is 0 Å². The van der Waals surface area contributed by atoms with E-state index in [1.54, 1.807) is 46.4 Å². The number of carboxylic acids is 1. The first-order valence-electron chi connectivity index (χ1n) is 13.8. The van der Waals surface area contributed by atoms with Crippen LogP contribution < -0.4 is 0 Å². The van der Waals surface area contributed by atoms with Gasteiger partial charge >= 0.3 is 35.5 Å². The highest BCUT2D eigenvalue weighted by atomic mass is 35.5. The van der Waals surface area contributed by atoms with Crippen LogP contribution in [-0.2, 0) is 38.1 Å². The average molecular weight is 655 g/mol. The summed E-state index contributed by atoms with van der Waals surface area (Å²) in [5.41, 5.74) is -4.36. The molecule has 2 aliphatic heterocycles. The highest BCUT2D eigenvalue weighted by Gasteiger charge is 2.50. The number of aliphatic hydroxyl groups is 1. The molecule has 2 amide bonds. The van der Waals surface area contributed by atoms with Crippen LogP contribution in [0.3, 0.4) is 0 Å². The van der Waals surface area contributed by atoms with Gasteiger partial charge in [0.05, 0.1) is 33.4 Å². The maximum absolute atomic E-state index is 11.9. The summed E-state index contributed by atoms with van der Waals surface area (Å²) < 4.78 is 23.7. The fourth-order valence-corrected chi connectivity index (χ4v) is 4.19. The van der Waals surface area contributed by atoms with E-state index in [4.69, 9.17) is 14.2 Å². The molecule has 0 unspecified atom stereocenters. The number of carbonyl (C=O) groups is 6. The molecule has 15 nitrogen and oxygen atoms in total. The monoisotopic (exact) mass is 654 g/mol. The van der Waals surface area contributed by atoms with Crippen molar-refractivity contribution in [1.29, 1.82) is 0 Å². The van der Waals surface area contributed by atoms with Crippen LogP contribution in [0.1, 0.15) is 67.2 Å². The quantitative estimate of drug-likeness (QED) is 0.194. The highest BCUT2D eigenvalue weighted by Crippen LogP contribution is 2.34. The first-order chi connectivity index (χ1) is 20.1. The third kappa shape index (κ3) is 12.7. The van der Waals surface area contributed by atoms with Gasteiger partial charge in [0.25, 0.3) is 0 Å². The maximum Gasteiger partial charge on any atom is 0.410 e. The zero-order valence-electron chi connectivity index (χ0n) is 27.0. The second-order valence-corrected chi connectivity index (χ2v) is 12.5. The van der Waals surface area contributed by atoms with Gasteiger partial charge in [-0.3, -0.25) is 14.4 Å². The second kappa shape index (κ2) is 17.2. The highest BCUT2D eigenvalue weighted by molar-refractivity contribution is 6.61. The first-order valence-corrected chi connectivity index (χ1v) is 14.2. The maximum atomic E-state index is 11.9. The van der Waals surface area contributed by atoms with Crippen molar-refractivity contribution >= 4 is 47.1 Å². The molecule has 2 rings (SSSR count). The van der Waals surface area contributed by atoms with E-state index in [1.165, 1.54) is 19.1 Å². The van der Waals surface area contributed by atoms with Gasteiger partial charge in [-0.1, -0.05) is 0 Å². The molecular weight excluding hydrogens is 608 g/mol. The zero-order chi connectivity index (χ0) is 34.5. The van der Waals surface area contributed by atoms with E-state index in [9.17, 15) is 39.0 Å². The molecule has 0 saturated carbocycles. The smallest absolute Gasteiger partial charge is 0.410 e. The number of ether oxygens (including phenoxy) is 5. The van der Waals surface area contributed by atoms with Crippen molar-refractivity contribution in [2.24, 2.45) is 10.8 Å². The summed E-state index contributed by atoms with van der Waals surface area (Å²) in [7, 11) is 3.68. The van der Waals surface area contributed by atoms with Gasteiger partial charge < -0.3 is 43.7 Å². The van der Waals surface area contributed by atoms with Crippen molar-refractivity contribution in [3.05, 3.63) is 0 Å². The van der Waals surface area contributed by atoms with E-state index in [2.05, 4.69) is 21.1 Å². The number of carbonyl (C=O) groups excluding carboxylic acids is 5. The predicted molar refractivity (Wildman–Crippen MR) is 156 cm³/mol. The van der Waals surface area contributed by atoms with Crippen LogP contribution in [0.25, 0.3) is 0 Å². The summed E-state index contributed by atoms with van der Waals surface area (Å²) in [6.45, 7) is 11.5. The van der Waals surface area contributed by atoms with Crippen molar-refractivity contribution in [3.63, 3.8) is 0 Å². The minimum atomic E-state index is -1.56. The number of amides is 2. The standard InChI is InChI=1S/C13H21NO6.C13H23NO5.C2H3ClO2/c1-12(2,3)20-11(18)14-7-5-13(6-8-14,9(15)16)10(17)19-4;1-12(2,3)19-11(17)14-7-5-13(9-15,6-8-14)10(16)18-4;1-5-2(3)4/h5-8H2,1-4H3,(H,15,16);15H,5-9H2,1-4H3;1H3. The van der Waals surface area contributed by atoms with Gasteiger partial charge in [0.15, 0.2) is 5.41 Å². The average Bonchev–Trinajstić information content (AvgIpc) is 2.95. The van der Waals surface area contributed by atoms with E-state index in [1.807, 2.05) is 0 Å². The Labute approximate surface area is 263 Å². The molecule has 0 aromatic heterocycles. The molecule has 0 aliphatic carbocycles. The summed E-state index contributed by atoms with van der Waals surface area (Å²) in [6.07, 6.45) is -0.0712. The number of rotatable bonds is 4. The number of esters is 2. The Morgan fingerprint density at radius 3 is 1.27 bits per heavy atom. The number of nitrogens with zero attached hydrogens (tertiary/aromatic N) is 2. The van der Waals surface area contributed by atoms with Crippen LogP contribution in [0.2, 0.25) is 0 Å². The summed E-state index contributed by atoms with van der Waals surface area (Å²) >= 11 is 4.60. The number of halogens is 1. The lowest BCUT2D eigenvalue weighted by atomic mass is 9.78. The van der Waals surface area contributed by atoms with Crippen molar-refractivity contribution in [1.82, 2.24) is 9.80 Å². The Morgan fingerprint density at radius 1 is 0.682 bits per heavy atom. The van der Waals surface area contributed by atoms with Crippen molar-refractivity contribution < 1.29 is 62.7 Å². The number of likely N-dealkylation sites (tertiary alicyclic amines) is 2. The normalized spacial score (nSPS) is 17.2. The van der Waals surface area contributed by atoms with Crippen LogP contribution in [0, 0.1) is 10.8 Å². The molecule has 0 radical (unpaired) electrons. The lowest BCUT2D eigenvalue weighted by Crippen LogP contribution is -2.51. The minimum Gasteiger partial charge on any atom is -0.480 e. The third-order valence-electron chi connectivity index (χ3n) is 6.71. The molecule has 2 fully saturated rings. The van der Waals surface area contributed by atoms with Crippen molar-refractivity contribution in [2.75, 3.05) is 54.1 Å². The van der Waals surface area contributed by atoms with E-state index in [0.29, 0.717) is 25.9 Å². The summed E-state index contributed by atoms with van der Waals surface area (Å²) in [5.74, 6) is -2.40. The SMILES string of the molecule is COC(=O)C1(C(=O)O)CCN(C(=O)OC(C)(C)C)CC1.COC(=O)C1(CO)CCN(C(=O)OC(C)(C)C)CC1.COC(=O)Cl. The molecule has 0 spiro atoms. The molecule has 254 valence electrons. The van der Waals surface area contributed by atoms with Gasteiger partial charge in [-0.05, 0) is 67.2 Å². The second-order valence-electron chi connectivity index (χ2n) is 12.2. The van der Waals surface area contributed by atoms with Gasteiger partial charge in [0, 0.05) is 37.8 Å². The van der Waals surface area contributed by atoms with E-state index in [-0.39, 0.29) is 38.6 Å². The van der Waals surface area contributed by atoms with E-state index < -0.39 is 51.5 Å². The molecule has 2 saturated heterocycles. The Balaban J connectivity index is 0.000000729. The Bertz CT molecular complexity index is 1000. The lowest BCUT2D eigenvalue weighted by Gasteiger charge is -2.38. The van der Waals surface area contributed by atoms with Gasteiger partial charge in [0.2, 0.25) is 0 Å². The summed E-state index contributed by atoms with van der Waals surface area (Å²) in [6, 6.07) is 0. The summed E-state index contributed by atoms with van der Waals surface area (Å²) in [5, 5.41) is 18.7. The fourth-order valence-electron chi connectivity index (χ4n) is 4.19. The topological polar surface area (TPSA) is 196 Å². The first kappa shape index (κ1) is 40.7. The molecule has 0 aromatic carbocycles. The van der Waals surface area contributed by atoms with Gasteiger partial charge in [-0.15, -0.1) is 0 Å². The fraction of sp³-hybridized carbons (Fsp3) is 0.786. The lowest BCUT2D eigenvalue weighted by molar-refractivity contribution is -0.170. The zero-order valence-corrected chi connectivity index (χ0v) is 27.8. The molecule has 16 heteroatoms. The Hall–Kier alpha value is -3.33. The number of aliphatic carboxylic acids is 1. The van der Waals surface area contributed by atoms with Gasteiger partial charge in [0.1, 0.15) is 11.2 Å². The number of methoxy groups -OCH3 is 3. The largest absolute Gasteiger partial charge is 0.480 e. The molecule has 44 heavy (non-hydrogen) atoms. The minimum absolute atomic E-state index is 0.0221. The van der Waals surface area contributed by atoms with E-state index >= 15 is 0 Å². The number of carboxylic acid groups (broad SMARTS) is 1. The van der Waals surface area contributed by atoms with Gasteiger partial charge in [-0.2, -0.15) is 0 Å². The summed E-state index contributed by atoms with van der Waals surface area (Å²) in [4.78, 5) is 70.8. The predicted octanol–water partition coefficient (Wildman–Crippen LogP) is 3.42. The molecule has 2 N–H and O–H groups in total. The number of hydrogen-bond donors (Lipinski definition) is 2. The third-order valence-corrected chi connectivity index (χ3v) is 6.86. The number of aliphatic hydroxyl groups excluding tert-OH is 1. The molecule has 2 heterocycles. The van der Waals surface area contributed by atoms with Crippen LogP contribution in [0.15, 0.2) is 0 Å². The van der Waals surface area contributed by atoms with Crippen LogP contribution in [-0.4, -0.2) is 121 Å². The van der Waals surface area contributed by atoms with Crippen molar-refractivity contribution in [3.8, 4) is 0 Å². The van der Waals surface area contributed by atoms with Gasteiger partial charge in [-0.25, -0.2) is 14.4 Å². The Morgan fingerprint density at radius 2 is 1.02 bits per heavy atom. The Kier molecular flexibility index (Phi) is 15.9. The van der Waals surface area contributed by atoms with Crippen LogP contribution in [0.4, 0.5) is 14.4 Å². The molecule has 2 aliphatic rings.